The number of fused-ring (bicyclic) bond motifs is 1. The van der Waals surface area contributed by atoms with Gasteiger partial charge in [0.25, 0.3) is 11.1 Å². The van der Waals surface area contributed by atoms with Gasteiger partial charge in [-0.1, -0.05) is 66.2 Å². The van der Waals surface area contributed by atoms with Gasteiger partial charge in [0, 0.05) is 10.6 Å². The molecule has 1 aliphatic rings. The number of thioether (sulfide) groups is 1. The minimum atomic E-state index is -0.388. The first-order valence-corrected chi connectivity index (χ1v) is 12.1. The molecule has 0 unspecified atom stereocenters. The maximum Gasteiger partial charge on any atom is 0.293 e. The van der Waals surface area contributed by atoms with E-state index in [9.17, 15) is 14.0 Å². The van der Waals surface area contributed by atoms with Crippen LogP contribution in [0.5, 0.6) is 5.75 Å². The van der Waals surface area contributed by atoms with Gasteiger partial charge < -0.3 is 4.74 Å². The molecular formula is C28H19ClFNO3S. The number of hydrogen-bond donors (Lipinski definition) is 0. The first-order valence-electron chi connectivity index (χ1n) is 10.9. The number of halogens is 2. The summed E-state index contributed by atoms with van der Waals surface area (Å²) in [5.74, 6) is -0.158. The number of ether oxygens (including phenoxy) is 1. The van der Waals surface area contributed by atoms with Crippen molar-refractivity contribution in [3.8, 4) is 5.75 Å². The Hall–Kier alpha value is -3.61. The van der Waals surface area contributed by atoms with Gasteiger partial charge in [-0.25, -0.2) is 4.39 Å². The van der Waals surface area contributed by atoms with Crippen molar-refractivity contribution < 1.29 is 18.7 Å². The van der Waals surface area contributed by atoms with E-state index in [1.54, 1.807) is 30.3 Å². The number of imide groups is 1. The molecule has 35 heavy (non-hydrogen) atoms. The Morgan fingerprint density at radius 2 is 1.60 bits per heavy atom. The standard InChI is InChI=1S/C28H19ClFNO3S/c29-21-10-5-19(6-11-21)17-34-25-14-9-20-3-1-2-4-23(20)24(25)15-26-27(32)31(28(33)35-26)16-18-7-12-22(30)13-8-18/h1-15H,16-17H2/b26-15+. The average Bonchev–Trinajstić information content (AvgIpc) is 3.13. The lowest BCUT2D eigenvalue weighted by Gasteiger charge is -2.13. The molecular weight excluding hydrogens is 485 g/mol. The van der Waals surface area contributed by atoms with E-state index in [0.717, 1.165) is 33.7 Å². The summed E-state index contributed by atoms with van der Waals surface area (Å²) >= 11 is 6.87. The summed E-state index contributed by atoms with van der Waals surface area (Å²) in [6, 6.07) is 24.8. The zero-order valence-electron chi connectivity index (χ0n) is 18.4. The minimum Gasteiger partial charge on any atom is -0.488 e. The predicted octanol–water partition coefficient (Wildman–Crippen LogP) is 7.45. The highest BCUT2D eigenvalue weighted by molar-refractivity contribution is 8.18. The second kappa shape index (κ2) is 9.94. The van der Waals surface area contributed by atoms with Crippen molar-refractivity contribution in [2.75, 3.05) is 0 Å². The Morgan fingerprint density at radius 3 is 2.37 bits per heavy atom. The fourth-order valence-corrected chi connectivity index (χ4v) is 4.78. The summed E-state index contributed by atoms with van der Waals surface area (Å²) < 4.78 is 19.4. The molecule has 1 saturated heterocycles. The zero-order chi connectivity index (χ0) is 24.4. The van der Waals surface area contributed by atoms with Crippen molar-refractivity contribution >= 4 is 51.4 Å². The highest BCUT2D eigenvalue weighted by atomic mass is 35.5. The van der Waals surface area contributed by atoms with Crippen LogP contribution in [0, 0.1) is 5.82 Å². The van der Waals surface area contributed by atoms with Crippen LogP contribution in [0.1, 0.15) is 16.7 Å². The molecule has 0 aliphatic carbocycles. The van der Waals surface area contributed by atoms with E-state index in [2.05, 4.69) is 0 Å². The van der Waals surface area contributed by atoms with Gasteiger partial charge in [0.2, 0.25) is 0 Å². The predicted molar refractivity (Wildman–Crippen MR) is 138 cm³/mol. The minimum absolute atomic E-state index is 0.0811. The molecule has 7 heteroatoms. The van der Waals surface area contributed by atoms with Crippen LogP contribution in [0.2, 0.25) is 5.02 Å². The van der Waals surface area contributed by atoms with Crippen LogP contribution in [-0.4, -0.2) is 16.0 Å². The monoisotopic (exact) mass is 503 g/mol. The third-order valence-corrected chi connectivity index (χ3v) is 6.80. The fraction of sp³-hybridized carbons (Fsp3) is 0.0714. The quantitative estimate of drug-likeness (QED) is 0.256. The normalized spacial score (nSPS) is 14.8. The summed E-state index contributed by atoms with van der Waals surface area (Å²) in [5.41, 5.74) is 2.35. The Bertz CT molecular complexity index is 1450. The zero-order valence-corrected chi connectivity index (χ0v) is 20.0. The van der Waals surface area contributed by atoms with Crippen molar-refractivity contribution in [1.29, 1.82) is 0 Å². The number of hydrogen-bond acceptors (Lipinski definition) is 4. The molecule has 0 atom stereocenters. The van der Waals surface area contributed by atoms with E-state index in [4.69, 9.17) is 16.3 Å². The third-order valence-electron chi connectivity index (χ3n) is 5.64. The molecule has 5 rings (SSSR count). The molecule has 174 valence electrons. The number of carbonyl (C=O) groups excluding carboxylic acids is 2. The van der Waals surface area contributed by atoms with Gasteiger partial charge in [-0.3, -0.25) is 14.5 Å². The molecule has 0 bridgehead atoms. The number of rotatable bonds is 6. The van der Waals surface area contributed by atoms with Gasteiger partial charge in [0.05, 0.1) is 11.4 Å². The second-order valence-electron chi connectivity index (χ2n) is 8.01. The van der Waals surface area contributed by atoms with Crippen LogP contribution in [-0.2, 0) is 17.9 Å². The third kappa shape index (κ3) is 5.09. The second-order valence-corrected chi connectivity index (χ2v) is 9.44. The summed E-state index contributed by atoms with van der Waals surface area (Å²) in [7, 11) is 0. The summed E-state index contributed by atoms with van der Waals surface area (Å²) in [6.07, 6.45) is 1.72. The first-order chi connectivity index (χ1) is 17.0. The van der Waals surface area contributed by atoms with E-state index in [1.165, 1.54) is 17.0 Å². The van der Waals surface area contributed by atoms with Crippen molar-refractivity contribution in [3.63, 3.8) is 0 Å². The van der Waals surface area contributed by atoms with Crippen LogP contribution in [0.15, 0.2) is 89.8 Å². The summed E-state index contributed by atoms with van der Waals surface area (Å²) in [5, 5.41) is 2.18. The van der Waals surface area contributed by atoms with Crippen LogP contribution >= 0.6 is 23.4 Å². The number of nitrogens with zero attached hydrogens (tertiary/aromatic N) is 1. The SMILES string of the molecule is O=C1S/C(=C/c2c(OCc3ccc(Cl)cc3)ccc3ccccc23)C(=O)N1Cc1ccc(F)cc1. The van der Waals surface area contributed by atoms with Crippen LogP contribution < -0.4 is 4.74 Å². The molecule has 0 radical (unpaired) electrons. The maximum atomic E-state index is 13.2. The van der Waals surface area contributed by atoms with Gasteiger partial charge in [-0.15, -0.1) is 0 Å². The fourth-order valence-electron chi connectivity index (χ4n) is 3.83. The van der Waals surface area contributed by atoms with E-state index < -0.39 is 0 Å². The highest BCUT2D eigenvalue weighted by Gasteiger charge is 2.35. The maximum absolute atomic E-state index is 13.2. The van der Waals surface area contributed by atoms with Gasteiger partial charge >= 0.3 is 0 Å². The molecule has 2 amide bonds. The van der Waals surface area contributed by atoms with Crippen LogP contribution in [0.4, 0.5) is 9.18 Å². The molecule has 0 aromatic heterocycles. The van der Waals surface area contributed by atoms with Crippen molar-refractivity contribution in [2.24, 2.45) is 0 Å². The Labute approximate surface area is 211 Å². The van der Waals surface area contributed by atoms with Crippen molar-refractivity contribution in [2.45, 2.75) is 13.2 Å². The van der Waals surface area contributed by atoms with E-state index in [-0.39, 0.29) is 23.5 Å². The molecule has 4 aromatic carbocycles. The van der Waals surface area contributed by atoms with Crippen molar-refractivity contribution in [1.82, 2.24) is 4.90 Å². The van der Waals surface area contributed by atoms with Crippen LogP contribution in [0.3, 0.4) is 0 Å². The van der Waals surface area contributed by atoms with E-state index in [1.807, 2.05) is 48.5 Å². The lowest BCUT2D eigenvalue weighted by atomic mass is 10.0. The van der Waals surface area contributed by atoms with Gasteiger partial charge in [-0.05, 0) is 70.1 Å². The Morgan fingerprint density at radius 1 is 0.886 bits per heavy atom. The average molecular weight is 504 g/mol. The molecule has 4 aromatic rings. The number of benzene rings is 4. The molecule has 1 fully saturated rings. The van der Waals surface area contributed by atoms with Crippen LogP contribution in [0.25, 0.3) is 16.8 Å². The van der Waals surface area contributed by atoms with Crippen molar-refractivity contribution in [3.05, 3.63) is 117 Å². The van der Waals surface area contributed by atoms with E-state index in [0.29, 0.717) is 27.8 Å². The Balaban J connectivity index is 1.46. The number of carbonyl (C=O) groups is 2. The molecule has 0 saturated carbocycles. The first kappa shape index (κ1) is 23.1. The van der Waals surface area contributed by atoms with Gasteiger partial charge in [-0.2, -0.15) is 0 Å². The van der Waals surface area contributed by atoms with Gasteiger partial charge in [0.15, 0.2) is 0 Å². The van der Waals surface area contributed by atoms with Gasteiger partial charge in [0.1, 0.15) is 18.2 Å². The summed E-state index contributed by atoms with van der Waals surface area (Å²) in [6.45, 7) is 0.403. The largest absolute Gasteiger partial charge is 0.488 e. The molecule has 1 aliphatic heterocycles. The van der Waals surface area contributed by atoms with E-state index >= 15 is 0 Å². The lowest BCUT2D eigenvalue weighted by Crippen LogP contribution is -2.27. The summed E-state index contributed by atoms with van der Waals surface area (Å²) in [4.78, 5) is 27.3. The lowest BCUT2D eigenvalue weighted by molar-refractivity contribution is -0.123. The molecule has 0 N–H and O–H groups in total. The molecule has 0 spiro atoms. The molecule has 1 heterocycles. The Kier molecular flexibility index (Phi) is 6.57. The molecule has 4 nitrogen and oxygen atoms in total. The number of amides is 2. The smallest absolute Gasteiger partial charge is 0.293 e. The topological polar surface area (TPSA) is 46.6 Å². The highest BCUT2D eigenvalue weighted by Crippen LogP contribution is 2.37.